The monoisotopic (exact) mass is 259 g/mol. The molecule has 0 aromatic heterocycles. The van der Waals surface area contributed by atoms with Gasteiger partial charge in [0.15, 0.2) is 0 Å². The molecule has 6 heteroatoms. The van der Waals surface area contributed by atoms with E-state index < -0.39 is 13.0 Å². The summed E-state index contributed by atoms with van der Waals surface area (Å²) in [7, 11) is 0. The lowest BCUT2D eigenvalue weighted by atomic mass is 10.1. The summed E-state index contributed by atoms with van der Waals surface area (Å²) in [6.07, 6.45) is -2.50. The Labute approximate surface area is 104 Å². The van der Waals surface area contributed by atoms with Crippen LogP contribution in [0.2, 0.25) is 0 Å². The van der Waals surface area contributed by atoms with E-state index in [1.165, 1.54) is 18.2 Å². The Morgan fingerprint density at radius 1 is 1.50 bits per heavy atom. The van der Waals surface area contributed by atoms with Crippen molar-refractivity contribution >= 4 is 5.91 Å². The number of hydrogen-bond acceptors (Lipinski definition) is 3. The third-order valence-electron chi connectivity index (χ3n) is 2.23. The van der Waals surface area contributed by atoms with Crippen LogP contribution >= 0.6 is 0 Å². The molecular weight excluding hydrogens is 244 g/mol. The maximum atomic E-state index is 11.7. The van der Waals surface area contributed by atoms with E-state index in [0.717, 1.165) is 0 Å². The van der Waals surface area contributed by atoms with Gasteiger partial charge in [-0.1, -0.05) is 0 Å². The number of halogens is 2. The Kier molecular flexibility index (Phi) is 5.51. The number of phenolic OH excluding ortho intramolecular Hbond substituents is 1. The second-order valence-corrected chi connectivity index (χ2v) is 3.72. The first-order valence-electron chi connectivity index (χ1n) is 5.44. The van der Waals surface area contributed by atoms with Crippen LogP contribution in [0, 0.1) is 6.92 Å². The topological polar surface area (TPSA) is 58.6 Å². The van der Waals surface area contributed by atoms with Crippen molar-refractivity contribution in [2.24, 2.45) is 0 Å². The fraction of sp³-hybridized carbons (Fsp3) is 0.417. The number of amides is 1. The summed E-state index contributed by atoms with van der Waals surface area (Å²) >= 11 is 0. The molecule has 0 aliphatic carbocycles. The minimum Gasteiger partial charge on any atom is -0.508 e. The first kappa shape index (κ1) is 14.4. The molecule has 0 bridgehead atoms. The minimum atomic E-state index is -2.50. The molecule has 0 heterocycles. The number of aryl methyl sites for hydroxylation is 1. The molecule has 1 aromatic rings. The highest BCUT2D eigenvalue weighted by atomic mass is 19.3. The van der Waals surface area contributed by atoms with Crippen LogP contribution in [0.25, 0.3) is 0 Å². The van der Waals surface area contributed by atoms with Crippen molar-refractivity contribution in [3.63, 3.8) is 0 Å². The van der Waals surface area contributed by atoms with Gasteiger partial charge in [-0.2, -0.15) is 0 Å². The van der Waals surface area contributed by atoms with Gasteiger partial charge < -0.3 is 15.2 Å². The molecule has 1 rings (SSSR count). The number of benzene rings is 1. The maximum Gasteiger partial charge on any atom is 0.261 e. The van der Waals surface area contributed by atoms with Gasteiger partial charge in [-0.15, -0.1) is 0 Å². The number of hydrogen-bond donors (Lipinski definition) is 2. The summed E-state index contributed by atoms with van der Waals surface area (Å²) in [4.78, 5) is 11.7. The molecule has 2 N–H and O–H groups in total. The normalized spacial score (nSPS) is 10.7. The first-order valence-corrected chi connectivity index (χ1v) is 5.44. The highest BCUT2D eigenvalue weighted by molar-refractivity contribution is 5.95. The molecule has 18 heavy (non-hydrogen) atoms. The summed E-state index contributed by atoms with van der Waals surface area (Å²) in [5.41, 5.74) is 1.07. The largest absolute Gasteiger partial charge is 0.508 e. The van der Waals surface area contributed by atoms with Crippen molar-refractivity contribution in [2.45, 2.75) is 13.3 Å². The number of carbonyl (C=O) groups excluding carboxylic acids is 1. The van der Waals surface area contributed by atoms with E-state index in [2.05, 4.69) is 10.1 Å². The predicted molar refractivity (Wildman–Crippen MR) is 62.0 cm³/mol. The second-order valence-electron chi connectivity index (χ2n) is 3.72. The molecule has 100 valence electrons. The lowest BCUT2D eigenvalue weighted by Crippen LogP contribution is -2.28. The van der Waals surface area contributed by atoms with Gasteiger partial charge in [-0.25, -0.2) is 8.78 Å². The molecule has 0 unspecified atom stereocenters. The molecule has 4 nitrogen and oxygen atoms in total. The van der Waals surface area contributed by atoms with Crippen LogP contribution in [0.1, 0.15) is 15.9 Å². The lowest BCUT2D eigenvalue weighted by Gasteiger charge is -2.08. The summed E-state index contributed by atoms with van der Waals surface area (Å²) in [6, 6.07) is 4.39. The third kappa shape index (κ3) is 4.67. The van der Waals surface area contributed by atoms with Gasteiger partial charge in [0.05, 0.1) is 6.61 Å². The second kappa shape index (κ2) is 6.90. The third-order valence-corrected chi connectivity index (χ3v) is 2.23. The maximum absolute atomic E-state index is 11.7. The Morgan fingerprint density at radius 2 is 2.22 bits per heavy atom. The van der Waals surface area contributed by atoms with Crippen LogP contribution < -0.4 is 5.32 Å². The number of aromatic hydroxyl groups is 1. The predicted octanol–water partition coefficient (Wildman–Crippen LogP) is 1.71. The first-order chi connectivity index (χ1) is 8.50. The van der Waals surface area contributed by atoms with Crippen LogP contribution in [-0.4, -0.2) is 37.2 Å². The van der Waals surface area contributed by atoms with Crippen molar-refractivity contribution < 1.29 is 23.4 Å². The molecule has 0 spiro atoms. The van der Waals surface area contributed by atoms with Crippen LogP contribution in [0.4, 0.5) is 8.78 Å². The summed E-state index contributed by atoms with van der Waals surface area (Å²) < 4.78 is 28.1. The van der Waals surface area contributed by atoms with Gasteiger partial charge in [0.1, 0.15) is 12.4 Å². The molecule has 0 atom stereocenters. The fourth-order valence-electron chi connectivity index (χ4n) is 1.41. The highest BCUT2D eigenvalue weighted by Gasteiger charge is 2.08. The molecule has 1 aromatic carbocycles. The summed E-state index contributed by atoms with van der Waals surface area (Å²) in [5.74, 6) is -0.238. The Morgan fingerprint density at radius 3 is 2.83 bits per heavy atom. The standard InChI is InChI=1S/C12H15F2NO3/c1-8-6-9(16)2-3-10(8)12(17)15-4-5-18-7-11(13)14/h2-3,6,11,16H,4-5,7H2,1H3,(H,15,17). The number of phenols is 1. The number of carbonyl (C=O) groups is 1. The Balaban J connectivity index is 2.36. The van der Waals surface area contributed by atoms with E-state index >= 15 is 0 Å². The Bertz CT molecular complexity index is 410. The molecule has 0 aliphatic rings. The van der Waals surface area contributed by atoms with Crippen LogP contribution in [0.3, 0.4) is 0 Å². The summed E-state index contributed by atoms with van der Waals surface area (Å²) in [5, 5.41) is 11.7. The number of alkyl halides is 2. The minimum absolute atomic E-state index is 0.0349. The molecule has 0 fully saturated rings. The van der Waals surface area contributed by atoms with Crippen LogP contribution in [-0.2, 0) is 4.74 Å². The highest BCUT2D eigenvalue weighted by Crippen LogP contribution is 2.15. The quantitative estimate of drug-likeness (QED) is 0.765. The van der Waals surface area contributed by atoms with Gasteiger partial charge in [0.25, 0.3) is 12.3 Å². The zero-order valence-electron chi connectivity index (χ0n) is 9.95. The van der Waals surface area contributed by atoms with Gasteiger partial charge >= 0.3 is 0 Å². The van der Waals surface area contributed by atoms with Gasteiger partial charge in [0, 0.05) is 12.1 Å². The number of rotatable bonds is 6. The molecule has 0 saturated carbocycles. The SMILES string of the molecule is Cc1cc(O)ccc1C(=O)NCCOCC(F)F. The molecular formula is C12H15F2NO3. The zero-order chi connectivity index (χ0) is 13.5. The van der Waals surface area contributed by atoms with Crippen molar-refractivity contribution in [3.8, 4) is 5.75 Å². The van der Waals surface area contributed by atoms with Gasteiger partial charge in [0.2, 0.25) is 0 Å². The van der Waals surface area contributed by atoms with Crippen molar-refractivity contribution in [2.75, 3.05) is 19.8 Å². The van der Waals surface area contributed by atoms with Gasteiger partial charge in [-0.05, 0) is 30.7 Å². The van der Waals surface area contributed by atoms with Crippen LogP contribution in [0.15, 0.2) is 18.2 Å². The van der Waals surface area contributed by atoms with Crippen molar-refractivity contribution in [1.29, 1.82) is 0 Å². The van der Waals surface area contributed by atoms with E-state index in [0.29, 0.717) is 11.1 Å². The molecule has 0 radical (unpaired) electrons. The Hall–Kier alpha value is -1.69. The molecule has 0 saturated heterocycles. The van der Waals surface area contributed by atoms with Crippen molar-refractivity contribution in [3.05, 3.63) is 29.3 Å². The van der Waals surface area contributed by atoms with E-state index in [1.807, 2.05) is 0 Å². The average molecular weight is 259 g/mol. The van der Waals surface area contributed by atoms with Crippen LogP contribution in [0.5, 0.6) is 5.75 Å². The van der Waals surface area contributed by atoms with E-state index in [4.69, 9.17) is 0 Å². The van der Waals surface area contributed by atoms with E-state index in [9.17, 15) is 18.7 Å². The van der Waals surface area contributed by atoms with Gasteiger partial charge in [-0.3, -0.25) is 4.79 Å². The fourth-order valence-corrected chi connectivity index (χ4v) is 1.41. The van der Waals surface area contributed by atoms with E-state index in [1.54, 1.807) is 6.92 Å². The molecule has 0 aliphatic heterocycles. The van der Waals surface area contributed by atoms with Crippen molar-refractivity contribution in [1.82, 2.24) is 5.32 Å². The smallest absolute Gasteiger partial charge is 0.261 e. The number of nitrogens with one attached hydrogen (secondary N) is 1. The lowest BCUT2D eigenvalue weighted by molar-refractivity contribution is 0.0188. The zero-order valence-corrected chi connectivity index (χ0v) is 9.95. The molecule has 1 amide bonds. The average Bonchev–Trinajstić information content (AvgIpc) is 2.27. The van der Waals surface area contributed by atoms with E-state index in [-0.39, 0.29) is 24.8 Å². The number of ether oxygens (including phenoxy) is 1. The summed E-state index contributed by atoms with van der Waals surface area (Å²) in [6.45, 7) is 1.26.